The van der Waals surface area contributed by atoms with E-state index in [0.717, 1.165) is 50.7 Å². The maximum atomic E-state index is 12.0. The highest BCUT2D eigenvalue weighted by atomic mass is 16.5. The van der Waals surface area contributed by atoms with Crippen LogP contribution in [0.3, 0.4) is 0 Å². The summed E-state index contributed by atoms with van der Waals surface area (Å²) in [6, 6.07) is 2.03. The van der Waals surface area contributed by atoms with Gasteiger partial charge < -0.3 is 9.47 Å². The van der Waals surface area contributed by atoms with Gasteiger partial charge in [0.05, 0.1) is 6.61 Å². The monoisotopic (exact) mass is 305 g/mol. The minimum absolute atomic E-state index is 0.176. The lowest BCUT2D eigenvalue weighted by Gasteiger charge is -2.16. The molecule has 1 aliphatic rings. The van der Waals surface area contributed by atoms with Crippen molar-refractivity contribution in [3.05, 3.63) is 22.8 Å². The minimum atomic E-state index is -0.483. The number of carbonyl (C=O) groups is 1. The normalized spacial score (nSPS) is 17.0. The first-order chi connectivity index (χ1) is 10.6. The van der Waals surface area contributed by atoms with Gasteiger partial charge in [-0.3, -0.25) is 0 Å². The van der Waals surface area contributed by atoms with Gasteiger partial charge >= 0.3 is 5.97 Å². The van der Waals surface area contributed by atoms with E-state index in [1.165, 1.54) is 5.57 Å². The predicted molar refractivity (Wildman–Crippen MR) is 86.1 cm³/mol. The van der Waals surface area contributed by atoms with Gasteiger partial charge in [0.1, 0.15) is 11.6 Å². The minimum Gasteiger partial charge on any atom is -0.461 e. The summed E-state index contributed by atoms with van der Waals surface area (Å²) in [6.07, 6.45) is 7.98. The lowest BCUT2D eigenvalue weighted by Crippen LogP contribution is -2.13. The number of carbonyl (C=O) groups excluding carboxylic acids is 1. The first-order valence-corrected chi connectivity index (χ1v) is 8.07. The van der Waals surface area contributed by atoms with E-state index in [-0.39, 0.29) is 11.5 Å². The molecule has 0 aromatic rings. The molecule has 0 spiro atoms. The number of rotatable bonds is 8. The van der Waals surface area contributed by atoms with Crippen molar-refractivity contribution in [1.29, 1.82) is 5.26 Å². The zero-order chi connectivity index (χ0) is 16.4. The van der Waals surface area contributed by atoms with E-state index in [1.807, 2.05) is 26.0 Å². The first-order valence-electron chi connectivity index (χ1n) is 8.07. The molecule has 0 aromatic carbocycles. The van der Waals surface area contributed by atoms with Gasteiger partial charge in [-0.1, -0.05) is 25.5 Å². The van der Waals surface area contributed by atoms with Crippen LogP contribution in [0, 0.1) is 17.2 Å². The number of nitriles is 1. The molecule has 0 amide bonds. The Morgan fingerprint density at radius 1 is 1.36 bits per heavy atom. The van der Waals surface area contributed by atoms with Gasteiger partial charge in [-0.05, 0) is 50.0 Å². The Balaban J connectivity index is 2.72. The van der Waals surface area contributed by atoms with Crippen LogP contribution in [0.5, 0.6) is 0 Å². The molecule has 4 heteroatoms. The summed E-state index contributed by atoms with van der Waals surface area (Å²) in [4.78, 5) is 12.0. The Labute approximate surface area is 133 Å². The van der Waals surface area contributed by atoms with E-state index in [2.05, 4.69) is 0 Å². The average Bonchev–Trinajstić information content (AvgIpc) is 2.51. The zero-order valence-corrected chi connectivity index (χ0v) is 14.0. The molecular formula is C18H27NO3. The van der Waals surface area contributed by atoms with Crippen LogP contribution in [0.25, 0.3) is 0 Å². The molecule has 1 rings (SSSR count). The maximum absolute atomic E-state index is 12.0. The zero-order valence-electron chi connectivity index (χ0n) is 14.0. The predicted octanol–water partition coefficient (Wildman–Crippen LogP) is 3.93. The molecule has 0 radical (unpaired) electrons. The summed E-state index contributed by atoms with van der Waals surface area (Å²) in [7, 11) is 1.71. The number of methoxy groups -OCH3 is 1. The summed E-state index contributed by atoms with van der Waals surface area (Å²) >= 11 is 0. The Bertz CT molecular complexity index is 469. The SMILES string of the molecule is COCCCCC1=C/C(=C(/C#N)C(=O)OCC(C)C)CCC1. The van der Waals surface area contributed by atoms with Crippen molar-refractivity contribution in [1.82, 2.24) is 0 Å². The second-order valence-corrected chi connectivity index (χ2v) is 6.11. The van der Waals surface area contributed by atoms with Crippen molar-refractivity contribution in [2.24, 2.45) is 5.92 Å². The van der Waals surface area contributed by atoms with E-state index in [4.69, 9.17) is 9.47 Å². The lowest BCUT2D eigenvalue weighted by molar-refractivity contribution is -0.139. The van der Waals surface area contributed by atoms with Crippen LogP contribution in [0.15, 0.2) is 22.8 Å². The molecule has 0 N–H and O–H groups in total. The van der Waals surface area contributed by atoms with E-state index < -0.39 is 5.97 Å². The first kappa shape index (κ1) is 18.4. The highest BCUT2D eigenvalue weighted by molar-refractivity contribution is 5.94. The Kier molecular flexibility index (Phi) is 8.54. The molecule has 1 aliphatic carbocycles. The fourth-order valence-electron chi connectivity index (χ4n) is 2.45. The standard InChI is InChI=1S/C18H27NO3/c1-14(2)13-22-18(20)17(12-19)16-9-6-8-15(11-16)7-4-5-10-21-3/h11,14H,4-10,13H2,1-3H3/b17-16-. The van der Waals surface area contributed by atoms with Gasteiger partial charge in [-0.15, -0.1) is 0 Å². The van der Waals surface area contributed by atoms with Crippen LogP contribution in [-0.4, -0.2) is 26.3 Å². The summed E-state index contributed by atoms with van der Waals surface area (Å²) < 4.78 is 10.2. The molecule has 22 heavy (non-hydrogen) atoms. The fraction of sp³-hybridized carbons (Fsp3) is 0.667. The topological polar surface area (TPSA) is 59.3 Å². The number of nitrogens with zero attached hydrogens (tertiary/aromatic N) is 1. The highest BCUT2D eigenvalue weighted by Crippen LogP contribution is 2.28. The molecular weight excluding hydrogens is 278 g/mol. The quantitative estimate of drug-likeness (QED) is 0.295. The Morgan fingerprint density at radius 3 is 2.77 bits per heavy atom. The number of hydrogen-bond acceptors (Lipinski definition) is 4. The molecule has 0 fully saturated rings. The van der Waals surface area contributed by atoms with E-state index in [9.17, 15) is 10.1 Å². The van der Waals surface area contributed by atoms with Crippen molar-refractivity contribution in [2.45, 2.75) is 52.4 Å². The Hall–Kier alpha value is -1.60. The smallest absolute Gasteiger partial charge is 0.349 e. The number of ether oxygens (including phenoxy) is 2. The molecule has 0 unspecified atom stereocenters. The third kappa shape index (κ3) is 6.44. The molecule has 0 saturated carbocycles. The summed E-state index contributed by atoms with van der Waals surface area (Å²) in [5.74, 6) is -0.213. The maximum Gasteiger partial charge on any atom is 0.349 e. The van der Waals surface area contributed by atoms with Crippen LogP contribution in [0.2, 0.25) is 0 Å². The molecule has 0 saturated heterocycles. The van der Waals surface area contributed by atoms with Gasteiger partial charge in [0.2, 0.25) is 0 Å². The average molecular weight is 305 g/mol. The number of unbranched alkanes of at least 4 members (excludes halogenated alkanes) is 1. The molecule has 0 aliphatic heterocycles. The molecule has 4 nitrogen and oxygen atoms in total. The fourth-order valence-corrected chi connectivity index (χ4v) is 2.45. The van der Waals surface area contributed by atoms with Crippen LogP contribution < -0.4 is 0 Å². The van der Waals surface area contributed by atoms with Gasteiger partial charge in [-0.2, -0.15) is 5.26 Å². The second-order valence-electron chi connectivity index (χ2n) is 6.11. The van der Waals surface area contributed by atoms with Crippen LogP contribution >= 0.6 is 0 Å². The third-order valence-electron chi connectivity index (χ3n) is 3.60. The van der Waals surface area contributed by atoms with E-state index in [1.54, 1.807) is 7.11 Å². The van der Waals surface area contributed by atoms with Gasteiger partial charge in [0, 0.05) is 13.7 Å². The summed E-state index contributed by atoms with van der Waals surface area (Å²) in [5.41, 5.74) is 2.33. The van der Waals surface area contributed by atoms with E-state index in [0.29, 0.717) is 6.61 Å². The van der Waals surface area contributed by atoms with Gasteiger partial charge in [0.25, 0.3) is 0 Å². The van der Waals surface area contributed by atoms with Crippen LogP contribution in [0.4, 0.5) is 0 Å². The van der Waals surface area contributed by atoms with Crippen molar-refractivity contribution < 1.29 is 14.3 Å². The highest BCUT2D eigenvalue weighted by Gasteiger charge is 2.19. The van der Waals surface area contributed by atoms with Crippen molar-refractivity contribution in [3.63, 3.8) is 0 Å². The van der Waals surface area contributed by atoms with E-state index >= 15 is 0 Å². The van der Waals surface area contributed by atoms with Crippen LogP contribution in [0.1, 0.15) is 52.4 Å². The Morgan fingerprint density at radius 2 is 2.14 bits per heavy atom. The molecule has 0 atom stereocenters. The van der Waals surface area contributed by atoms with Gasteiger partial charge in [-0.25, -0.2) is 4.79 Å². The summed E-state index contributed by atoms with van der Waals surface area (Å²) in [5, 5.41) is 9.29. The van der Waals surface area contributed by atoms with Gasteiger partial charge in [0.15, 0.2) is 0 Å². The second kappa shape index (κ2) is 10.2. The summed E-state index contributed by atoms with van der Waals surface area (Å²) in [6.45, 7) is 5.09. The van der Waals surface area contributed by atoms with Crippen LogP contribution in [-0.2, 0) is 14.3 Å². The third-order valence-corrected chi connectivity index (χ3v) is 3.60. The number of hydrogen-bond donors (Lipinski definition) is 0. The van der Waals surface area contributed by atoms with Crippen molar-refractivity contribution >= 4 is 5.97 Å². The largest absolute Gasteiger partial charge is 0.461 e. The molecule has 0 aromatic heterocycles. The number of allylic oxidation sites excluding steroid dienone is 3. The van der Waals surface area contributed by atoms with Crippen molar-refractivity contribution in [3.8, 4) is 6.07 Å². The van der Waals surface area contributed by atoms with Crippen molar-refractivity contribution in [2.75, 3.05) is 20.3 Å². The molecule has 0 bridgehead atoms. The lowest BCUT2D eigenvalue weighted by atomic mass is 9.90. The molecule has 122 valence electrons. The molecule has 0 heterocycles. The number of esters is 1.